The fourth-order valence-electron chi connectivity index (χ4n) is 3.27. The molecule has 0 saturated carbocycles. The minimum Gasteiger partial charge on any atom is -0.438 e. The summed E-state index contributed by atoms with van der Waals surface area (Å²) < 4.78 is 26.9. The van der Waals surface area contributed by atoms with E-state index in [-0.39, 0.29) is 12.6 Å². The first-order chi connectivity index (χ1) is 16.1. The Kier molecular flexibility index (Phi) is 8.17. The largest absolute Gasteiger partial charge is 0.438 e. The lowest BCUT2D eigenvalue weighted by atomic mass is 10.1. The normalized spacial score (nSPS) is 11.4. The summed E-state index contributed by atoms with van der Waals surface area (Å²) in [5.74, 6) is 0.287. The van der Waals surface area contributed by atoms with Gasteiger partial charge in [0.2, 0.25) is 5.88 Å². The number of hydrogen-bond donors (Lipinski definition) is 1. The van der Waals surface area contributed by atoms with E-state index >= 15 is 0 Å². The van der Waals surface area contributed by atoms with E-state index in [2.05, 4.69) is 10.4 Å². The van der Waals surface area contributed by atoms with Crippen LogP contribution in [0.5, 0.6) is 11.6 Å². The molecule has 0 aliphatic heterocycles. The van der Waals surface area contributed by atoms with Crippen LogP contribution in [0.15, 0.2) is 48.5 Å². The van der Waals surface area contributed by atoms with Crippen molar-refractivity contribution in [2.45, 2.75) is 39.8 Å². The molecule has 1 N–H and O–H groups in total. The van der Waals surface area contributed by atoms with Crippen molar-refractivity contribution in [3.63, 3.8) is 0 Å². The standard InChI is InChI=1S/C25H30ClFN4O3/c1-17-22(16-30(13-14-33-5)24(32)28-25(2,3)4)23(34-21-8-6-7-19(27)15-21)31(29-17)20-11-9-18(26)10-12-20/h6-12,15H,13-14,16H2,1-5H3,(H,28,32). The lowest BCUT2D eigenvalue weighted by Gasteiger charge is -2.28. The van der Waals surface area contributed by atoms with Crippen molar-refractivity contribution in [1.82, 2.24) is 20.0 Å². The number of carbonyl (C=O) groups is 1. The number of benzene rings is 2. The number of hydrogen-bond acceptors (Lipinski definition) is 4. The van der Waals surface area contributed by atoms with Gasteiger partial charge in [-0.15, -0.1) is 0 Å². The molecule has 0 saturated heterocycles. The highest BCUT2D eigenvalue weighted by Crippen LogP contribution is 2.32. The number of carbonyl (C=O) groups excluding carboxylic acids is 1. The van der Waals surface area contributed by atoms with Crippen LogP contribution in [-0.2, 0) is 11.3 Å². The lowest BCUT2D eigenvalue weighted by Crippen LogP contribution is -2.49. The van der Waals surface area contributed by atoms with Gasteiger partial charge >= 0.3 is 6.03 Å². The van der Waals surface area contributed by atoms with Crippen LogP contribution < -0.4 is 10.1 Å². The van der Waals surface area contributed by atoms with Crippen molar-refractivity contribution in [3.05, 3.63) is 70.6 Å². The third-order valence-corrected chi connectivity index (χ3v) is 5.15. The van der Waals surface area contributed by atoms with Crippen LogP contribution in [0.4, 0.5) is 9.18 Å². The van der Waals surface area contributed by atoms with Crippen molar-refractivity contribution < 1.29 is 18.7 Å². The molecular formula is C25H30ClFN4O3. The molecule has 0 unspecified atom stereocenters. The summed E-state index contributed by atoms with van der Waals surface area (Å²) in [5, 5.41) is 8.24. The molecular weight excluding hydrogens is 459 g/mol. The van der Waals surface area contributed by atoms with Gasteiger partial charge in [0.15, 0.2) is 0 Å². The molecule has 2 aromatic carbocycles. The summed E-state index contributed by atoms with van der Waals surface area (Å²) in [6.07, 6.45) is 0. The fraction of sp³-hybridized carbons (Fsp3) is 0.360. The molecule has 1 aromatic heterocycles. The molecule has 2 amide bonds. The minimum absolute atomic E-state index is 0.218. The molecule has 3 rings (SSSR count). The van der Waals surface area contributed by atoms with Gasteiger partial charge in [-0.2, -0.15) is 5.10 Å². The van der Waals surface area contributed by atoms with E-state index in [0.717, 1.165) is 0 Å². The molecule has 0 aliphatic rings. The number of rotatable bonds is 8. The van der Waals surface area contributed by atoms with Gasteiger partial charge < -0.3 is 19.7 Å². The number of urea groups is 1. The maximum absolute atomic E-state index is 13.9. The monoisotopic (exact) mass is 488 g/mol. The van der Waals surface area contributed by atoms with E-state index in [0.29, 0.717) is 46.7 Å². The van der Waals surface area contributed by atoms with Crippen LogP contribution in [0.2, 0.25) is 5.02 Å². The molecule has 182 valence electrons. The topological polar surface area (TPSA) is 68.6 Å². The Morgan fingerprint density at radius 2 is 1.91 bits per heavy atom. The first-order valence-electron chi connectivity index (χ1n) is 10.9. The van der Waals surface area contributed by atoms with Gasteiger partial charge in [0.1, 0.15) is 11.6 Å². The van der Waals surface area contributed by atoms with E-state index in [9.17, 15) is 9.18 Å². The van der Waals surface area contributed by atoms with E-state index < -0.39 is 11.4 Å². The van der Waals surface area contributed by atoms with Crippen LogP contribution in [0, 0.1) is 12.7 Å². The van der Waals surface area contributed by atoms with Crippen LogP contribution >= 0.6 is 11.6 Å². The molecule has 9 heteroatoms. The number of aromatic nitrogens is 2. The molecule has 0 spiro atoms. The number of amides is 2. The molecule has 1 heterocycles. The predicted molar refractivity (Wildman–Crippen MR) is 130 cm³/mol. The van der Waals surface area contributed by atoms with Gasteiger partial charge in [-0.05, 0) is 64.1 Å². The smallest absolute Gasteiger partial charge is 0.318 e. The van der Waals surface area contributed by atoms with Gasteiger partial charge in [-0.25, -0.2) is 13.9 Å². The second-order valence-corrected chi connectivity index (χ2v) is 9.35. The highest BCUT2D eigenvalue weighted by molar-refractivity contribution is 6.30. The van der Waals surface area contributed by atoms with Crippen molar-refractivity contribution in [3.8, 4) is 17.3 Å². The Bertz CT molecular complexity index is 1130. The Morgan fingerprint density at radius 3 is 2.53 bits per heavy atom. The Morgan fingerprint density at radius 1 is 1.21 bits per heavy atom. The number of nitrogens with zero attached hydrogens (tertiary/aromatic N) is 3. The number of halogens is 2. The molecule has 7 nitrogen and oxygen atoms in total. The fourth-order valence-corrected chi connectivity index (χ4v) is 3.40. The van der Waals surface area contributed by atoms with E-state index in [1.165, 1.54) is 12.1 Å². The SMILES string of the molecule is COCCN(Cc1c(C)nn(-c2ccc(Cl)cc2)c1Oc1cccc(F)c1)C(=O)NC(C)(C)C. The molecule has 0 fully saturated rings. The molecule has 3 aromatic rings. The lowest BCUT2D eigenvalue weighted by molar-refractivity contribution is 0.142. The van der Waals surface area contributed by atoms with Crippen molar-refractivity contribution in [1.29, 1.82) is 0 Å². The van der Waals surface area contributed by atoms with E-state index in [4.69, 9.17) is 21.1 Å². The van der Waals surface area contributed by atoms with Crippen LogP contribution in [0.1, 0.15) is 32.0 Å². The highest BCUT2D eigenvalue weighted by Gasteiger charge is 2.25. The van der Waals surface area contributed by atoms with Gasteiger partial charge in [0.05, 0.1) is 30.1 Å². The number of aryl methyl sites for hydroxylation is 1. The summed E-state index contributed by atoms with van der Waals surface area (Å²) in [4.78, 5) is 14.7. The van der Waals surface area contributed by atoms with Crippen molar-refractivity contribution in [2.75, 3.05) is 20.3 Å². The summed E-state index contributed by atoms with van der Waals surface area (Å²) in [5.41, 5.74) is 1.67. The summed E-state index contributed by atoms with van der Waals surface area (Å²) in [7, 11) is 1.59. The zero-order valence-corrected chi connectivity index (χ0v) is 20.8. The first kappa shape index (κ1) is 25.5. The zero-order chi connectivity index (χ0) is 24.9. The zero-order valence-electron chi connectivity index (χ0n) is 20.1. The van der Waals surface area contributed by atoms with Crippen molar-refractivity contribution in [2.24, 2.45) is 0 Å². The second-order valence-electron chi connectivity index (χ2n) is 8.91. The van der Waals surface area contributed by atoms with E-state index in [1.807, 2.05) is 39.8 Å². The molecule has 0 aliphatic carbocycles. The van der Waals surface area contributed by atoms with Gasteiger partial charge in [-0.3, -0.25) is 0 Å². The third kappa shape index (κ3) is 6.71. The third-order valence-electron chi connectivity index (χ3n) is 4.90. The first-order valence-corrected chi connectivity index (χ1v) is 11.3. The molecule has 34 heavy (non-hydrogen) atoms. The maximum atomic E-state index is 13.9. The predicted octanol–water partition coefficient (Wildman–Crippen LogP) is 5.72. The maximum Gasteiger partial charge on any atom is 0.318 e. The quantitative estimate of drug-likeness (QED) is 0.440. The summed E-state index contributed by atoms with van der Waals surface area (Å²) in [6, 6.07) is 12.8. The number of nitrogens with one attached hydrogen (secondary N) is 1. The summed E-state index contributed by atoms with van der Waals surface area (Å²) >= 11 is 6.06. The molecule has 0 atom stereocenters. The Balaban J connectivity index is 2.05. The van der Waals surface area contributed by atoms with Gasteiger partial charge in [0, 0.05) is 30.3 Å². The molecule has 0 bridgehead atoms. The summed E-state index contributed by atoms with van der Waals surface area (Å²) in [6.45, 7) is 8.54. The second kappa shape index (κ2) is 10.9. The molecule has 0 radical (unpaired) electrons. The van der Waals surface area contributed by atoms with Crippen molar-refractivity contribution >= 4 is 17.6 Å². The Labute approximate surface area is 204 Å². The minimum atomic E-state index is -0.417. The number of methoxy groups -OCH3 is 1. The van der Waals surface area contributed by atoms with Gasteiger partial charge in [-0.1, -0.05) is 17.7 Å². The van der Waals surface area contributed by atoms with E-state index in [1.54, 1.807) is 41.0 Å². The average Bonchev–Trinajstić information content (AvgIpc) is 3.05. The van der Waals surface area contributed by atoms with Crippen LogP contribution in [0.3, 0.4) is 0 Å². The Hall–Kier alpha value is -3.10. The average molecular weight is 489 g/mol. The van der Waals surface area contributed by atoms with Crippen LogP contribution in [-0.4, -0.2) is 46.5 Å². The highest BCUT2D eigenvalue weighted by atomic mass is 35.5. The van der Waals surface area contributed by atoms with Crippen LogP contribution in [0.25, 0.3) is 5.69 Å². The number of ether oxygens (including phenoxy) is 2. The van der Waals surface area contributed by atoms with Gasteiger partial charge in [0.25, 0.3) is 0 Å².